The molecule has 1 aromatic heterocycles. The van der Waals surface area contributed by atoms with Gasteiger partial charge in [0.2, 0.25) is 0 Å². The van der Waals surface area contributed by atoms with Crippen molar-refractivity contribution in [2.24, 2.45) is 4.99 Å². The highest BCUT2D eigenvalue weighted by molar-refractivity contribution is 14.1. The lowest BCUT2D eigenvalue weighted by atomic mass is 9.83. The van der Waals surface area contributed by atoms with Gasteiger partial charge in [-0.15, -0.1) is 0 Å². The highest BCUT2D eigenvalue weighted by atomic mass is 127. The molecule has 1 aliphatic carbocycles. The number of thiazole rings is 1. The fourth-order valence-corrected chi connectivity index (χ4v) is 8.58. The second-order valence-corrected chi connectivity index (χ2v) is 13.0. The molecular weight excluding hydrogens is 762 g/mol. The van der Waals surface area contributed by atoms with Crippen molar-refractivity contribution in [3.05, 3.63) is 122 Å². The molecular formula is C32H26I2N2O4S. The normalized spacial score (nSPS) is 15.9. The first kappa shape index (κ1) is 28.2. The molecule has 0 saturated heterocycles. The van der Waals surface area contributed by atoms with Crippen LogP contribution in [0.2, 0.25) is 0 Å². The summed E-state index contributed by atoms with van der Waals surface area (Å²) in [6.45, 7) is 4.17. The monoisotopic (exact) mass is 788 g/mol. The third kappa shape index (κ3) is 5.16. The number of aryl methyl sites for hydroxylation is 1. The average Bonchev–Trinajstić information content (AvgIpc) is 3.29. The van der Waals surface area contributed by atoms with Crippen molar-refractivity contribution in [1.29, 1.82) is 0 Å². The van der Waals surface area contributed by atoms with Gasteiger partial charge in [-0.2, -0.15) is 0 Å². The SMILES string of the molecule is C=CCOc1c(I)cc(/C=c2/sc3n(c2=O)[C@H](c2cc(OC)ccc2OC)C2=C(N=3)c3ccccc3CC2)cc1I. The van der Waals surface area contributed by atoms with Crippen LogP contribution in [0.4, 0.5) is 0 Å². The Hall–Kier alpha value is -2.90. The van der Waals surface area contributed by atoms with Gasteiger partial charge < -0.3 is 14.2 Å². The maximum atomic E-state index is 14.2. The lowest BCUT2D eigenvalue weighted by Gasteiger charge is -2.31. The molecule has 2 heterocycles. The van der Waals surface area contributed by atoms with Gasteiger partial charge in [-0.05, 0) is 111 Å². The molecule has 0 saturated carbocycles. The zero-order valence-corrected chi connectivity index (χ0v) is 27.6. The van der Waals surface area contributed by atoms with E-state index in [4.69, 9.17) is 19.2 Å². The van der Waals surface area contributed by atoms with Crippen LogP contribution in [0.25, 0.3) is 11.8 Å². The van der Waals surface area contributed by atoms with Gasteiger partial charge in [0.15, 0.2) is 4.80 Å². The maximum absolute atomic E-state index is 14.2. The summed E-state index contributed by atoms with van der Waals surface area (Å²) >= 11 is 5.96. The number of benzene rings is 3. The van der Waals surface area contributed by atoms with Crippen molar-refractivity contribution in [2.45, 2.75) is 18.9 Å². The van der Waals surface area contributed by atoms with E-state index >= 15 is 0 Å². The third-order valence-corrected chi connectivity index (χ3v) is 9.85. The zero-order valence-electron chi connectivity index (χ0n) is 22.4. The van der Waals surface area contributed by atoms with E-state index in [1.165, 1.54) is 16.9 Å². The molecule has 3 aromatic carbocycles. The predicted molar refractivity (Wildman–Crippen MR) is 180 cm³/mol. The Balaban J connectivity index is 1.59. The second kappa shape index (κ2) is 11.8. The van der Waals surface area contributed by atoms with Crippen LogP contribution in [0.3, 0.4) is 0 Å². The average molecular weight is 788 g/mol. The second-order valence-electron chi connectivity index (χ2n) is 9.63. The molecule has 0 N–H and O–H groups in total. The van der Waals surface area contributed by atoms with E-state index in [0.717, 1.165) is 53.7 Å². The van der Waals surface area contributed by atoms with Gasteiger partial charge in [0.25, 0.3) is 5.56 Å². The van der Waals surface area contributed by atoms with Gasteiger partial charge in [-0.1, -0.05) is 48.3 Å². The summed E-state index contributed by atoms with van der Waals surface area (Å²) in [5.74, 6) is 2.24. The molecule has 6 rings (SSSR count). The van der Waals surface area contributed by atoms with E-state index in [1.807, 2.05) is 47.0 Å². The summed E-state index contributed by atoms with van der Waals surface area (Å²) in [5, 5.41) is 0. The number of hydrogen-bond acceptors (Lipinski definition) is 6. The number of hydrogen-bond donors (Lipinski definition) is 0. The Kier molecular flexibility index (Phi) is 8.10. The molecule has 208 valence electrons. The molecule has 4 aromatic rings. The summed E-state index contributed by atoms with van der Waals surface area (Å²) in [5.41, 5.74) is 6.19. The summed E-state index contributed by atoms with van der Waals surface area (Å²) < 4.78 is 21.7. The molecule has 1 aliphatic heterocycles. The van der Waals surface area contributed by atoms with Crippen molar-refractivity contribution >= 4 is 68.3 Å². The molecule has 9 heteroatoms. The van der Waals surface area contributed by atoms with Gasteiger partial charge >= 0.3 is 0 Å². The lowest BCUT2D eigenvalue weighted by Crippen LogP contribution is -2.39. The Labute approximate surface area is 269 Å². The minimum Gasteiger partial charge on any atom is -0.497 e. The summed E-state index contributed by atoms with van der Waals surface area (Å²) in [6.07, 6.45) is 5.36. The third-order valence-electron chi connectivity index (χ3n) is 7.27. The predicted octanol–water partition coefficient (Wildman–Crippen LogP) is 6.11. The maximum Gasteiger partial charge on any atom is 0.271 e. The highest BCUT2D eigenvalue weighted by Gasteiger charge is 2.34. The molecule has 2 aliphatic rings. The molecule has 0 unspecified atom stereocenters. The molecule has 1 atom stereocenters. The van der Waals surface area contributed by atoms with E-state index in [1.54, 1.807) is 20.3 Å². The Morgan fingerprint density at radius 1 is 1.07 bits per heavy atom. The summed E-state index contributed by atoms with van der Waals surface area (Å²) in [7, 11) is 3.31. The van der Waals surface area contributed by atoms with Crippen molar-refractivity contribution < 1.29 is 14.2 Å². The number of halogens is 2. The number of methoxy groups -OCH3 is 2. The van der Waals surface area contributed by atoms with Crippen molar-refractivity contribution in [1.82, 2.24) is 4.57 Å². The number of rotatable bonds is 7. The van der Waals surface area contributed by atoms with Gasteiger partial charge in [0.1, 0.15) is 23.9 Å². The van der Waals surface area contributed by atoms with Crippen LogP contribution in [-0.2, 0) is 6.42 Å². The standard InChI is InChI=1S/C32H26I2N2O4S/c1-4-13-40-30-24(33)14-18(15-25(30)34)16-27-31(37)36-29(23-17-20(38-2)10-12-26(23)39-3)22-11-9-19-7-5-6-8-21(19)28(22)35-32(36)41-27/h4-8,10,12,14-17,29H,1,9,11,13H2,2-3H3/b27-16+/t29-/m0/s1. The smallest absolute Gasteiger partial charge is 0.271 e. The van der Waals surface area contributed by atoms with Gasteiger partial charge in [-0.3, -0.25) is 9.36 Å². The molecule has 0 spiro atoms. The quantitative estimate of drug-likeness (QED) is 0.168. The van der Waals surface area contributed by atoms with Gasteiger partial charge in [0, 0.05) is 11.1 Å². The number of fused-ring (bicyclic) bond motifs is 3. The fourth-order valence-electron chi connectivity index (χ4n) is 5.45. The van der Waals surface area contributed by atoms with E-state index in [0.29, 0.717) is 27.4 Å². The molecule has 0 bridgehead atoms. The first-order chi connectivity index (χ1) is 19.9. The highest BCUT2D eigenvalue weighted by Crippen LogP contribution is 2.44. The van der Waals surface area contributed by atoms with E-state index in [9.17, 15) is 4.79 Å². The topological polar surface area (TPSA) is 62.0 Å². The minimum absolute atomic E-state index is 0.0777. The Morgan fingerprint density at radius 2 is 1.85 bits per heavy atom. The first-order valence-electron chi connectivity index (χ1n) is 13.0. The van der Waals surface area contributed by atoms with Gasteiger partial charge in [0.05, 0.1) is 37.6 Å². The zero-order chi connectivity index (χ0) is 28.7. The van der Waals surface area contributed by atoms with E-state index < -0.39 is 0 Å². The van der Waals surface area contributed by atoms with Crippen LogP contribution in [0.1, 0.15) is 34.7 Å². The largest absolute Gasteiger partial charge is 0.497 e. The van der Waals surface area contributed by atoms with Crippen LogP contribution in [0.5, 0.6) is 17.2 Å². The molecule has 41 heavy (non-hydrogen) atoms. The Bertz CT molecular complexity index is 1880. The van der Waals surface area contributed by atoms with Crippen LogP contribution in [0, 0.1) is 7.14 Å². The lowest BCUT2D eigenvalue weighted by molar-refractivity contribution is 0.358. The number of nitrogens with zero attached hydrogens (tertiary/aromatic N) is 2. The van der Waals surface area contributed by atoms with Crippen LogP contribution >= 0.6 is 56.5 Å². The number of allylic oxidation sites excluding steroid dienone is 1. The van der Waals surface area contributed by atoms with Crippen LogP contribution in [0.15, 0.2) is 82.6 Å². The Morgan fingerprint density at radius 3 is 2.59 bits per heavy atom. The van der Waals surface area contributed by atoms with E-state index in [-0.39, 0.29) is 11.6 Å². The number of aromatic nitrogens is 1. The minimum atomic E-state index is -0.364. The number of ether oxygens (including phenoxy) is 3. The molecule has 6 nitrogen and oxygen atoms in total. The fraction of sp³-hybridized carbons (Fsp3) is 0.188. The van der Waals surface area contributed by atoms with Crippen molar-refractivity contribution in [3.63, 3.8) is 0 Å². The van der Waals surface area contributed by atoms with Crippen molar-refractivity contribution in [2.75, 3.05) is 20.8 Å². The first-order valence-corrected chi connectivity index (χ1v) is 16.0. The van der Waals surface area contributed by atoms with Crippen molar-refractivity contribution in [3.8, 4) is 17.2 Å². The molecule has 0 fully saturated rings. The van der Waals surface area contributed by atoms with Crippen LogP contribution in [-0.4, -0.2) is 25.4 Å². The van der Waals surface area contributed by atoms with Gasteiger partial charge in [-0.25, -0.2) is 4.99 Å². The summed E-state index contributed by atoms with van der Waals surface area (Å²) in [4.78, 5) is 20.0. The van der Waals surface area contributed by atoms with E-state index in [2.05, 4.69) is 70.0 Å². The molecule has 0 radical (unpaired) electrons. The summed E-state index contributed by atoms with van der Waals surface area (Å²) in [6, 6.07) is 17.9. The van der Waals surface area contributed by atoms with Crippen LogP contribution < -0.4 is 29.1 Å². The molecule has 0 amide bonds.